The third kappa shape index (κ3) is 7.50. The number of hydrogen-bond acceptors (Lipinski definition) is 4. The number of amides is 3. The van der Waals surface area contributed by atoms with Crippen LogP contribution in [-0.4, -0.2) is 37.5 Å². The summed E-state index contributed by atoms with van der Waals surface area (Å²) in [4.78, 5) is 36.6. The zero-order valence-corrected chi connectivity index (χ0v) is 17.8. The molecule has 0 heterocycles. The first-order valence-electron chi connectivity index (χ1n) is 9.70. The molecule has 1 unspecified atom stereocenters. The van der Waals surface area contributed by atoms with Crippen LogP contribution in [0.3, 0.4) is 0 Å². The van der Waals surface area contributed by atoms with Gasteiger partial charge in [-0.1, -0.05) is 23.7 Å². The van der Waals surface area contributed by atoms with Gasteiger partial charge >= 0.3 is 0 Å². The van der Waals surface area contributed by atoms with Crippen molar-refractivity contribution in [3.8, 4) is 0 Å². The van der Waals surface area contributed by atoms with Crippen molar-refractivity contribution in [2.24, 2.45) is 0 Å². The summed E-state index contributed by atoms with van der Waals surface area (Å²) >= 11 is 5.95. The van der Waals surface area contributed by atoms with E-state index in [2.05, 4.69) is 16.0 Å². The number of anilines is 1. The molecule has 0 aromatic heterocycles. The van der Waals surface area contributed by atoms with Crippen molar-refractivity contribution in [2.45, 2.75) is 26.3 Å². The van der Waals surface area contributed by atoms with E-state index in [-0.39, 0.29) is 11.8 Å². The van der Waals surface area contributed by atoms with E-state index in [1.165, 1.54) is 6.92 Å². The van der Waals surface area contributed by atoms with E-state index >= 15 is 0 Å². The van der Waals surface area contributed by atoms with Crippen LogP contribution in [0, 0.1) is 0 Å². The van der Waals surface area contributed by atoms with Gasteiger partial charge in [0.25, 0.3) is 5.91 Å². The van der Waals surface area contributed by atoms with Crippen LogP contribution in [0.2, 0.25) is 5.02 Å². The number of ether oxygens (including phenoxy) is 1. The maximum Gasteiger partial charge on any atom is 0.252 e. The molecule has 0 saturated carbocycles. The Labute approximate surface area is 181 Å². The molecule has 0 aliphatic carbocycles. The molecule has 160 valence electrons. The molecule has 0 radical (unpaired) electrons. The van der Waals surface area contributed by atoms with Crippen molar-refractivity contribution in [2.75, 3.05) is 25.1 Å². The van der Waals surface area contributed by atoms with Crippen LogP contribution in [0.4, 0.5) is 5.69 Å². The molecule has 0 spiro atoms. The summed E-state index contributed by atoms with van der Waals surface area (Å²) in [5.74, 6) is -0.929. The summed E-state index contributed by atoms with van der Waals surface area (Å²) in [5, 5.41) is 8.77. The molecule has 30 heavy (non-hydrogen) atoms. The van der Waals surface area contributed by atoms with Crippen molar-refractivity contribution in [3.05, 3.63) is 64.7 Å². The molecule has 1 atom stereocenters. The predicted octanol–water partition coefficient (Wildman–Crippen LogP) is 3.31. The van der Waals surface area contributed by atoms with Gasteiger partial charge in [0.15, 0.2) is 0 Å². The Morgan fingerprint density at radius 3 is 2.30 bits per heavy atom. The van der Waals surface area contributed by atoms with Crippen molar-refractivity contribution >= 4 is 35.0 Å². The maximum absolute atomic E-state index is 12.8. The molecule has 0 aliphatic rings. The van der Waals surface area contributed by atoms with E-state index in [0.29, 0.717) is 48.0 Å². The fraction of sp³-hybridized carbons (Fsp3) is 0.318. The minimum Gasteiger partial charge on any atom is -0.382 e. The van der Waals surface area contributed by atoms with Gasteiger partial charge in [-0.3, -0.25) is 14.4 Å². The quantitative estimate of drug-likeness (QED) is 0.503. The van der Waals surface area contributed by atoms with Gasteiger partial charge in [0, 0.05) is 43.0 Å². The molecule has 2 rings (SSSR count). The van der Waals surface area contributed by atoms with Crippen molar-refractivity contribution in [1.29, 1.82) is 0 Å². The Balaban J connectivity index is 2.09. The van der Waals surface area contributed by atoms with Gasteiger partial charge in [-0.25, -0.2) is 0 Å². The van der Waals surface area contributed by atoms with E-state index in [0.717, 1.165) is 0 Å². The highest BCUT2D eigenvalue weighted by Gasteiger charge is 2.23. The third-order valence-electron chi connectivity index (χ3n) is 4.18. The maximum atomic E-state index is 12.8. The minimum absolute atomic E-state index is 0.198. The first-order valence-corrected chi connectivity index (χ1v) is 10.1. The highest BCUT2D eigenvalue weighted by molar-refractivity contribution is 6.30. The lowest BCUT2D eigenvalue weighted by atomic mass is 10.1. The summed E-state index contributed by atoms with van der Waals surface area (Å²) < 4.78 is 5.27. The van der Waals surface area contributed by atoms with Gasteiger partial charge in [0.05, 0.1) is 0 Å². The smallest absolute Gasteiger partial charge is 0.252 e. The Kier molecular flexibility index (Phi) is 9.31. The highest BCUT2D eigenvalue weighted by Crippen LogP contribution is 2.18. The predicted molar refractivity (Wildman–Crippen MR) is 117 cm³/mol. The van der Waals surface area contributed by atoms with Crippen LogP contribution in [0.25, 0.3) is 0 Å². The summed E-state index contributed by atoms with van der Waals surface area (Å²) in [6.07, 6.45) is 0.672. The number of benzene rings is 2. The Bertz CT molecular complexity index is 854. The third-order valence-corrected chi connectivity index (χ3v) is 4.43. The largest absolute Gasteiger partial charge is 0.382 e. The SMILES string of the molecule is CCOCCCNC(=O)C(NC(=O)c1ccc(NC(C)=O)cc1)c1ccc(Cl)cc1. The molecule has 7 nitrogen and oxygen atoms in total. The fourth-order valence-corrected chi connectivity index (χ4v) is 2.84. The van der Waals surface area contributed by atoms with Crippen LogP contribution in [0.1, 0.15) is 42.2 Å². The molecular formula is C22H26ClN3O4. The van der Waals surface area contributed by atoms with Crippen LogP contribution in [0.15, 0.2) is 48.5 Å². The number of nitrogens with one attached hydrogen (secondary N) is 3. The second-order valence-corrected chi connectivity index (χ2v) is 6.99. The van der Waals surface area contributed by atoms with Crippen LogP contribution in [0.5, 0.6) is 0 Å². The summed E-state index contributed by atoms with van der Waals surface area (Å²) in [5.41, 5.74) is 1.57. The van der Waals surface area contributed by atoms with E-state index in [9.17, 15) is 14.4 Å². The number of halogens is 1. The van der Waals surface area contributed by atoms with E-state index in [1.807, 2.05) is 6.92 Å². The fourth-order valence-electron chi connectivity index (χ4n) is 2.71. The molecular weight excluding hydrogens is 406 g/mol. The van der Waals surface area contributed by atoms with Gasteiger partial charge in [-0.2, -0.15) is 0 Å². The van der Waals surface area contributed by atoms with E-state index < -0.39 is 11.9 Å². The monoisotopic (exact) mass is 431 g/mol. The second kappa shape index (κ2) is 11.9. The zero-order chi connectivity index (χ0) is 21.9. The van der Waals surface area contributed by atoms with Crippen LogP contribution in [-0.2, 0) is 14.3 Å². The number of carbonyl (C=O) groups is 3. The molecule has 3 N–H and O–H groups in total. The Morgan fingerprint density at radius 2 is 1.70 bits per heavy atom. The number of rotatable bonds is 10. The van der Waals surface area contributed by atoms with Crippen molar-refractivity contribution < 1.29 is 19.1 Å². The normalized spacial score (nSPS) is 11.4. The molecule has 0 bridgehead atoms. The van der Waals surface area contributed by atoms with Gasteiger partial charge < -0.3 is 20.7 Å². The summed E-state index contributed by atoms with van der Waals surface area (Å²) in [6, 6.07) is 12.3. The van der Waals surface area contributed by atoms with Gasteiger partial charge in [-0.15, -0.1) is 0 Å². The van der Waals surface area contributed by atoms with Crippen LogP contribution >= 0.6 is 11.6 Å². The molecule has 0 aliphatic heterocycles. The van der Waals surface area contributed by atoms with Gasteiger partial charge in [0.2, 0.25) is 11.8 Å². The molecule has 3 amide bonds. The summed E-state index contributed by atoms with van der Waals surface area (Å²) in [7, 11) is 0. The molecule has 8 heteroatoms. The lowest BCUT2D eigenvalue weighted by molar-refractivity contribution is -0.123. The minimum atomic E-state index is -0.878. The van der Waals surface area contributed by atoms with Crippen molar-refractivity contribution in [3.63, 3.8) is 0 Å². The highest BCUT2D eigenvalue weighted by atomic mass is 35.5. The lowest BCUT2D eigenvalue weighted by Crippen LogP contribution is -2.40. The standard InChI is InChI=1S/C22H26ClN3O4/c1-3-30-14-4-13-24-22(29)20(16-5-9-18(23)10-6-16)26-21(28)17-7-11-19(12-8-17)25-15(2)27/h5-12,20H,3-4,13-14H2,1-2H3,(H,24,29)(H,25,27)(H,26,28). The lowest BCUT2D eigenvalue weighted by Gasteiger charge is -2.19. The molecule has 0 saturated heterocycles. The van der Waals surface area contributed by atoms with Crippen LogP contribution < -0.4 is 16.0 Å². The topological polar surface area (TPSA) is 96.5 Å². The Hall–Kier alpha value is -2.90. The van der Waals surface area contributed by atoms with E-state index in [4.69, 9.17) is 16.3 Å². The number of carbonyl (C=O) groups excluding carboxylic acids is 3. The average Bonchev–Trinajstić information content (AvgIpc) is 2.72. The second-order valence-electron chi connectivity index (χ2n) is 6.56. The van der Waals surface area contributed by atoms with Gasteiger partial charge in [0.1, 0.15) is 6.04 Å². The van der Waals surface area contributed by atoms with Crippen molar-refractivity contribution in [1.82, 2.24) is 10.6 Å². The average molecular weight is 432 g/mol. The zero-order valence-electron chi connectivity index (χ0n) is 17.0. The number of hydrogen-bond donors (Lipinski definition) is 3. The summed E-state index contributed by atoms with van der Waals surface area (Å²) in [6.45, 7) is 4.93. The first-order chi connectivity index (χ1) is 14.4. The van der Waals surface area contributed by atoms with Gasteiger partial charge in [-0.05, 0) is 55.3 Å². The molecule has 0 fully saturated rings. The Morgan fingerprint density at radius 1 is 1.03 bits per heavy atom. The van der Waals surface area contributed by atoms with E-state index in [1.54, 1.807) is 48.5 Å². The first kappa shape index (κ1) is 23.4. The molecule has 2 aromatic rings. The molecule has 2 aromatic carbocycles.